The molecule has 1 aromatic carbocycles. The fourth-order valence-corrected chi connectivity index (χ4v) is 3.02. The molecule has 0 saturated heterocycles. The zero-order chi connectivity index (χ0) is 20.9. The van der Waals surface area contributed by atoms with Gasteiger partial charge in [-0.15, -0.1) is 0 Å². The summed E-state index contributed by atoms with van der Waals surface area (Å²) in [5.41, 5.74) is 2.33. The van der Waals surface area contributed by atoms with Crippen LogP contribution < -0.4 is 5.32 Å². The fraction of sp³-hybridized carbons (Fsp3) is 0.409. The summed E-state index contributed by atoms with van der Waals surface area (Å²) in [6.45, 7) is 4.62. The minimum Gasteiger partial charge on any atom is -0.411 e. The molecule has 2 N–H and O–H groups in total. The van der Waals surface area contributed by atoms with Gasteiger partial charge in [-0.05, 0) is 64.3 Å². The Kier molecular flexibility index (Phi) is 9.82. The first kappa shape index (κ1) is 22.5. The molecule has 7 heteroatoms. The van der Waals surface area contributed by atoms with Gasteiger partial charge < -0.3 is 20.3 Å². The number of hydrogen-bond acceptors (Lipinski definition) is 6. The van der Waals surface area contributed by atoms with Crippen LogP contribution in [0.15, 0.2) is 53.8 Å². The lowest BCUT2D eigenvalue weighted by Crippen LogP contribution is -2.30. The van der Waals surface area contributed by atoms with E-state index in [1.165, 1.54) is 18.0 Å². The molecular weight excluding hydrogens is 366 g/mol. The third-order valence-electron chi connectivity index (χ3n) is 4.62. The first-order chi connectivity index (χ1) is 14.1. The summed E-state index contributed by atoms with van der Waals surface area (Å²) >= 11 is 0. The number of carbonyl (C=O) groups excluding carboxylic acids is 1. The first-order valence-corrected chi connectivity index (χ1v) is 9.91. The number of rotatable bonds is 12. The van der Waals surface area contributed by atoms with Gasteiger partial charge in [0.1, 0.15) is 0 Å². The van der Waals surface area contributed by atoms with Crippen LogP contribution in [0.3, 0.4) is 0 Å². The highest BCUT2D eigenvalue weighted by molar-refractivity contribution is 5.94. The Morgan fingerprint density at radius 1 is 1.07 bits per heavy atom. The topological polar surface area (TPSA) is 81.1 Å². The second kappa shape index (κ2) is 12.6. The molecule has 0 fully saturated rings. The van der Waals surface area contributed by atoms with E-state index in [4.69, 9.17) is 5.21 Å². The van der Waals surface area contributed by atoms with Gasteiger partial charge >= 0.3 is 0 Å². The summed E-state index contributed by atoms with van der Waals surface area (Å²) in [6.07, 6.45) is 4.70. The van der Waals surface area contributed by atoms with E-state index in [9.17, 15) is 4.79 Å². The monoisotopic (exact) mass is 397 g/mol. The second-order valence-corrected chi connectivity index (χ2v) is 7.21. The van der Waals surface area contributed by atoms with Crippen LogP contribution in [-0.4, -0.2) is 72.4 Å². The molecule has 0 aliphatic rings. The van der Waals surface area contributed by atoms with Crippen LogP contribution in [0.5, 0.6) is 0 Å². The minimum absolute atomic E-state index is 0.143. The minimum atomic E-state index is -0.143. The van der Waals surface area contributed by atoms with E-state index < -0.39 is 0 Å². The van der Waals surface area contributed by atoms with Crippen LogP contribution in [0.25, 0.3) is 0 Å². The standard InChI is InChI=1S/C22H31N5O2/c1-26(14-7-15-27(2)18-19-8-4-3-5-9-19)13-6-12-23-22(28)20-10-11-21(17-25-29)24-16-20/h3-5,8-11,16-17,29H,6-7,12-15,18H2,1-2H3,(H,23,28)/b25-17-. The summed E-state index contributed by atoms with van der Waals surface area (Å²) in [4.78, 5) is 20.8. The lowest BCUT2D eigenvalue weighted by molar-refractivity contribution is 0.0951. The molecule has 29 heavy (non-hydrogen) atoms. The van der Waals surface area contributed by atoms with Gasteiger partial charge in [0.25, 0.3) is 5.91 Å². The van der Waals surface area contributed by atoms with Crippen LogP contribution in [-0.2, 0) is 6.54 Å². The number of nitrogens with one attached hydrogen (secondary N) is 1. The second-order valence-electron chi connectivity index (χ2n) is 7.21. The number of aromatic nitrogens is 1. The molecule has 1 aromatic heterocycles. The van der Waals surface area contributed by atoms with Crippen LogP contribution in [0.4, 0.5) is 0 Å². The zero-order valence-corrected chi connectivity index (χ0v) is 17.3. The van der Waals surface area contributed by atoms with Crippen molar-refractivity contribution in [1.82, 2.24) is 20.1 Å². The van der Waals surface area contributed by atoms with E-state index in [-0.39, 0.29) is 5.91 Å². The molecule has 2 aromatic rings. The van der Waals surface area contributed by atoms with Crippen LogP contribution >= 0.6 is 0 Å². The Hall–Kier alpha value is -2.77. The third kappa shape index (κ3) is 8.85. The molecule has 7 nitrogen and oxygen atoms in total. The highest BCUT2D eigenvalue weighted by Gasteiger charge is 2.06. The van der Waals surface area contributed by atoms with Crippen molar-refractivity contribution in [2.45, 2.75) is 19.4 Å². The Morgan fingerprint density at radius 2 is 1.79 bits per heavy atom. The molecule has 0 bridgehead atoms. The maximum atomic E-state index is 12.1. The van der Waals surface area contributed by atoms with Crippen molar-refractivity contribution in [3.05, 3.63) is 65.5 Å². The zero-order valence-electron chi connectivity index (χ0n) is 17.3. The summed E-state index contributed by atoms with van der Waals surface area (Å²) in [6, 6.07) is 13.8. The summed E-state index contributed by atoms with van der Waals surface area (Å²) in [7, 11) is 4.27. The SMILES string of the molecule is CN(CCCNC(=O)c1ccc(/C=N\O)nc1)CCCN(C)Cc1ccccc1. The predicted molar refractivity (Wildman–Crippen MR) is 115 cm³/mol. The maximum absolute atomic E-state index is 12.1. The molecule has 0 aliphatic heterocycles. The van der Waals surface area contributed by atoms with Gasteiger partial charge in [-0.2, -0.15) is 0 Å². The Balaban J connectivity index is 1.56. The van der Waals surface area contributed by atoms with Gasteiger partial charge in [-0.25, -0.2) is 0 Å². The molecule has 0 atom stereocenters. The van der Waals surface area contributed by atoms with Crippen molar-refractivity contribution < 1.29 is 10.0 Å². The van der Waals surface area contributed by atoms with E-state index in [0.717, 1.165) is 39.0 Å². The van der Waals surface area contributed by atoms with E-state index in [0.29, 0.717) is 17.8 Å². The van der Waals surface area contributed by atoms with Crippen molar-refractivity contribution in [2.24, 2.45) is 5.16 Å². The molecule has 0 saturated carbocycles. The Labute approximate surface area is 173 Å². The number of pyridine rings is 1. The highest BCUT2D eigenvalue weighted by Crippen LogP contribution is 2.03. The number of nitrogens with zero attached hydrogens (tertiary/aromatic N) is 4. The largest absolute Gasteiger partial charge is 0.411 e. The third-order valence-corrected chi connectivity index (χ3v) is 4.62. The average Bonchev–Trinajstić information content (AvgIpc) is 2.72. The lowest BCUT2D eigenvalue weighted by Gasteiger charge is -2.20. The summed E-state index contributed by atoms with van der Waals surface area (Å²) in [5.74, 6) is -0.143. The van der Waals surface area contributed by atoms with Crippen molar-refractivity contribution in [1.29, 1.82) is 0 Å². The highest BCUT2D eigenvalue weighted by atomic mass is 16.4. The molecular formula is C22H31N5O2. The van der Waals surface area contributed by atoms with Crippen LogP contribution in [0.1, 0.15) is 34.5 Å². The molecule has 1 amide bonds. The van der Waals surface area contributed by atoms with Crippen molar-refractivity contribution >= 4 is 12.1 Å². The van der Waals surface area contributed by atoms with Gasteiger partial charge in [0.05, 0.1) is 17.5 Å². The van der Waals surface area contributed by atoms with Crippen LogP contribution in [0, 0.1) is 0 Å². The maximum Gasteiger partial charge on any atom is 0.252 e. The number of hydrogen-bond donors (Lipinski definition) is 2. The number of amides is 1. The van der Waals surface area contributed by atoms with E-state index in [2.05, 4.69) is 63.6 Å². The van der Waals surface area contributed by atoms with Crippen molar-refractivity contribution in [3.8, 4) is 0 Å². The molecule has 2 rings (SSSR count). The van der Waals surface area contributed by atoms with E-state index >= 15 is 0 Å². The smallest absolute Gasteiger partial charge is 0.252 e. The van der Waals surface area contributed by atoms with E-state index in [1.54, 1.807) is 12.1 Å². The first-order valence-electron chi connectivity index (χ1n) is 9.91. The van der Waals surface area contributed by atoms with Crippen LogP contribution in [0.2, 0.25) is 0 Å². The molecule has 1 heterocycles. The Bertz CT molecular complexity index is 750. The quantitative estimate of drug-likeness (QED) is 0.249. The van der Waals surface area contributed by atoms with Gasteiger partial charge in [0.15, 0.2) is 0 Å². The Morgan fingerprint density at radius 3 is 2.48 bits per heavy atom. The average molecular weight is 398 g/mol. The van der Waals surface area contributed by atoms with E-state index in [1.807, 2.05) is 6.07 Å². The lowest BCUT2D eigenvalue weighted by atomic mass is 10.2. The van der Waals surface area contributed by atoms with Crippen molar-refractivity contribution in [2.75, 3.05) is 40.3 Å². The van der Waals surface area contributed by atoms with Gasteiger partial charge in [0.2, 0.25) is 0 Å². The molecule has 0 radical (unpaired) electrons. The van der Waals surface area contributed by atoms with Gasteiger partial charge in [0, 0.05) is 19.3 Å². The van der Waals surface area contributed by atoms with Gasteiger partial charge in [-0.3, -0.25) is 9.78 Å². The van der Waals surface area contributed by atoms with Crippen molar-refractivity contribution in [3.63, 3.8) is 0 Å². The molecule has 0 aliphatic carbocycles. The normalized spacial score (nSPS) is 11.4. The number of oxime groups is 1. The molecule has 0 spiro atoms. The summed E-state index contributed by atoms with van der Waals surface area (Å²) < 4.78 is 0. The fourth-order valence-electron chi connectivity index (χ4n) is 3.02. The molecule has 156 valence electrons. The van der Waals surface area contributed by atoms with Gasteiger partial charge in [-0.1, -0.05) is 35.5 Å². The molecule has 0 unspecified atom stereocenters. The number of benzene rings is 1. The predicted octanol–water partition coefficient (Wildman–Crippen LogP) is 2.46. The number of carbonyl (C=O) groups is 1. The summed E-state index contributed by atoms with van der Waals surface area (Å²) in [5, 5.41) is 14.3.